The second-order valence-corrected chi connectivity index (χ2v) is 13.7. The SMILES string of the molecule is CC1=NC2C(O[Si](C)(C)C(C)(C)C)[C@@H](C3COC(C)(C)O3)O[C@@H]2O1. The zero-order valence-corrected chi connectivity index (χ0v) is 17.1. The predicted molar refractivity (Wildman–Crippen MR) is 93.6 cm³/mol. The molecule has 3 aliphatic rings. The van der Waals surface area contributed by atoms with Crippen LogP contribution < -0.4 is 0 Å². The van der Waals surface area contributed by atoms with Crippen LogP contribution in [0.1, 0.15) is 41.5 Å². The second-order valence-electron chi connectivity index (χ2n) is 8.94. The fourth-order valence-electron chi connectivity index (χ4n) is 3.13. The summed E-state index contributed by atoms with van der Waals surface area (Å²) >= 11 is 0. The second kappa shape index (κ2) is 5.77. The van der Waals surface area contributed by atoms with Crippen LogP contribution in [0.5, 0.6) is 0 Å². The number of nitrogens with zero attached hydrogens (tertiary/aromatic N) is 1. The monoisotopic (exact) mass is 357 g/mol. The van der Waals surface area contributed by atoms with Gasteiger partial charge in [-0.15, -0.1) is 0 Å². The molecule has 3 rings (SSSR count). The van der Waals surface area contributed by atoms with E-state index in [0.717, 1.165) is 0 Å². The summed E-state index contributed by atoms with van der Waals surface area (Å²) in [4.78, 5) is 4.63. The molecule has 5 atom stereocenters. The molecule has 0 bridgehead atoms. The van der Waals surface area contributed by atoms with E-state index in [1.54, 1.807) is 0 Å². The van der Waals surface area contributed by atoms with Gasteiger partial charge in [0, 0.05) is 6.92 Å². The summed E-state index contributed by atoms with van der Waals surface area (Å²) in [5, 5.41) is 0.111. The molecule has 0 aromatic rings. The first-order valence-corrected chi connectivity index (χ1v) is 11.7. The third-order valence-corrected chi connectivity index (χ3v) is 9.96. The first-order chi connectivity index (χ1) is 10.9. The summed E-state index contributed by atoms with van der Waals surface area (Å²) in [6.45, 7) is 17.4. The molecule has 0 amide bonds. The lowest BCUT2D eigenvalue weighted by atomic mass is 10.1. The first kappa shape index (κ1) is 18.3. The molecule has 0 saturated carbocycles. The van der Waals surface area contributed by atoms with E-state index in [2.05, 4.69) is 38.9 Å². The maximum atomic E-state index is 6.71. The lowest BCUT2D eigenvalue weighted by Crippen LogP contribution is -2.51. The summed E-state index contributed by atoms with van der Waals surface area (Å²) in [5.41, 5.74) is 0. The third-order valence-electron chi connectivity index (χ3n) is 5.48. The topological polar surface area (TPSA) is 58.5 Å². The minimum atomic E-state index is -1.98. The number of rotatable bonds is 3. The summed E-state index contributed by atoms with van der Waals surface area (Å²) < 4.78 is 30.4. The molecule has 0 spiro atoms. The van der Waals surface area contributed by atoms with Gasteiger partial charge in [0.2, 0.25) is 6.29 Å². The van der Waals surface area contributed by atoms with Gasteiger partial charge < -0.3 is 23.4 Å². The Hall–Kier alpha value is -0.473. The van der Waals surface area contributed by atoms with Crippen LogP contribution in [0, 0.1) is 0 Å². The molecule has 2 fully saturated rings. The molecular formula is C17H31NO5Si. The molecule has 0 radical (unpaired) electrons. The molecule has 0 aromatic heterocycles. The van der Waals surface area contributed by atoms with Crippen LogP contribution in [-0.2, 0) is 23.4 Å². The van der Waals surface area contributed by atoms with Crippen molar-refractivity contribution in [1.82, 2.24) is 0 Å². The number of hydrogen-bond donors (Lipinski definition) is 0. The van der Waals surface area contributed by atoms with Crippen molar-refractivity contribution in [3.63, 3.8) is 0 Å². The summed E-state index contributed by atoms with van der Waals surface area (Å²) in [7, 11) is -1.98. The highest BCUT2D eigenvalue weighted by molar-refractivity contribution is 6.74. The lowest BCUT2D eigenvalue weighted by molar-refractivity contribution is -0.171. The highest BCUT2D eigenvalue weighted by atomic mass is 28.4. The molecule has 0 aliphatic carbocycles. The molecule has 3 aliphatic heterocycles. The summed E-state index contributed by atoms with van der Waals surface area (Å²) in [5.74, 6) is 0.0732. The minimum Gasteiger partial charge on any atom is -0.450 e. The Bertz CT molecular complexity index is 528. The van der Waals surface area contributed by atoms with E-state index < -0.39 is 14.1 Å². The van der Waals surface area contributed by atoms with Crippen molar-refractivity contribution >= 4 is 14.2 Å². The van der Waals surface area contributed by atoms with Gasteiger partial charge in [-0.2, -0.15) is 0 Å². The maximum Gasteiger partial charge on any atom is 0.227 e. The van der Waals surface area contributed by atoms with Crippen molar-refractivity contribution in [2.45, 2.75) is 96.1 Å². The Kier molecular flexibility index (Phi) is 4.41. The van der Waals surface area contributed by atoms with E-state index in [4.69, 9.17) is 23.4 Å². The highest BCUT2D eigenvalue weighted by Gasteiger charge is 2.57. The molecule has 0 N–H and O–H groups in total. The summed E-state index contributed by atoms with van der Waals surface area (Å²) in [6.07, 6.45) is -0.944. The quantitative estimate of drug-likeness (QED) is 0.727. The van der Waals surface area contributed by atoms with Crippen LogP contribution in [0.2, 0.25) is 18.1 Å². The molecule has 24 heavy (non-hydrogen) atoms. The van der Waals surface area contributed by atoms with E-state index in [9.17, 15) is 0 Å². The van der Waals surface area contributed by atoms with E-state index in [-0.39, 0.29) is 35.7 Å². The molecule has 6 nitrogen and oxygen atoms in total. The molecular weight excluding hydrogens is 326 g/mol. The van der Waals surface area contributed by atoms with Crippen molar-refractivity contribution in [2.24, 2.45) is 4.99 Å². The predicted octanol–water partition coefficient (Wildman–Crippen LogP) is 3.07. The fourth-order valence-corrected chi connectivity index (χ4v) is 4.44. The van der Waals surface area contributed by atoms with Crippen molar-refractivity contribution in [2.75, 3.05) is 6.61 Å². The van der Waals surface area contributed by atoms with Crippen LogP contribution in [0.15, 0.2) is 4.99 Å². The van der Waals surface area contributed by atoms with Gasteiger partial charge in [-0.25, -0.2) is 4.99 Å². The summed E-state index contributed by atoms with van der Waals surface area (Å²) in [6, 6.07) is -0.128. The average Bonchev–Trinajstić information content (AvgIpc) is 3.02. The number of fused-ring (bicyclic) bond motifs is 1. The van der Waals surface area contributed by atoms with E-state index in [0.29, 0.717) is 12.5 Å². The number of aliphatic imine (C=N–C) groups is 1. The zero-order chi connectivity index (χ0) is 17.9. The van der Waals surface area contributed by atoms with Gasteiger partial charge in [-0.1, -0.05) is 20.8 Å². The Labute approximate surface area is 146 Å². The maximum absolute atomic E-state index is 6.71. The third kappa shape index (κ3) is 3.29. The first-order valence-electron chi connectivity index (χ1n) is 8.76. The van der Waals surface area contributed by atoms with Gasteiger partial charge in [0.15, 0.2) is 20.0 Å². The molecule has 7 heteroatoms. The van der Waals surface area contributed by atoms with Gasteiger partial charge in [-0.05, 0) is 32.0 Å². The van der Waals surface area contributed by atoms with Crippen molar-refractivity contribution in [1.29, 1.82) is 0 Å². The Balaban J connectivity index is 1.83. The average molecular weight is 358 g/mol. The minimum absolute atomic E-state index is 0.111. The van der Waals surface area contributed by atoms with Crippen LogP contribution in [0.3, 0.4) is 0 Å². The molecule has 2 saturated heterocycles. The van der Waals surface area contributed by atoms with Gasteiger partial charge in [0.1, 0.15) is 24.4 Å². The van der Waals surface area contributed by atoms with E-state index in [1.807, 2.05) is 20.8 Å². The molecule has 0 aromatic carbocycles. The molecule has 3 heterocycles. The molecule has 138 valence electrons. The smallest absolute Gasteiger partial charge is 0.227 e. The normalized spacial score (nSPS) is 38.8. The van der Waals surface area contributed by atoms with Gasteiger partial charge in [0.25, 0.3) is 0 Å². The Morgan fingerprint density at radius 1 is 1.25 bits per heavy atom. The standard InChI is InChI=1S/C17H31NO5Si/c1-10-18-12-14(23-24(7,8)16(2,3)4)13(21-15(12)20-10)11-9-19-17(5,6)22-11/h11-15H,9H2,1-8H3/t11?,12?,13-,14?,15+/m1/s1. The fraction of sp³-hybridized carbons (Fsp3) is 0.941. The van der Waals surface area contributed by atoms with Crippen LogP contribution in [-0.4, -0.2) is 57.3 Å². The highest BCUT2D eigenvalue weighted by Crippen LogP contribution is 2.43. The Morgan fingerprint density at radius 3 is 2.46 bits per heavy atom. The molecule has 3 unspecified atom stereocenters. The largest absolute Gasteiger partial charge is 0.450 e. The number of ether oxygens (including phenoxy) is 4. The van der Waals surface area contributed by atoms with Crippen molar-refractivity contribution < 1.29 is 23.4 Å². The van der Waals surface area contributed by atoms with Crippen LogP contribution in [0.25, 0.3) is 0 Å². The zero-order valence-electron chi connectivity index (χ0n) is 16.1. The van der Waals surface area contributed by atoms with Crippen molar-refractivity contribution in [3.8, 4) is 0 Å². The Morgan fingerprint density at radius 2 is 1.92 bits per heavy atom. The lowest BCUT2D eigenvalue weighted by Gasteiger charge is -2.40. The van der Waals surface area contributed by atoms with Crippen LogP contribution >= 0.6 is 0 Å². The van der Waals surface area contributed by atoms with Gasteiger partial charge in [0.05, 0.1) is 6.61 Å². The van der Waals surface area contributed by atoms with Crippen molar-refractivity contribution in [3.05, 3.63) is 0 Å². The van der Waals surface area contributed by atoms with Crippen LogP contribution in [0.4, 0.5) is 0 Å². The van der Waals surface area contributed by atoms with E-state index in [1.165, 1.54) is 0 Å². The van der Waals surface area contributed by atoms with Gasteiger partial charge in [-0.3, -0.25) is 0 Å². The number of hydrogen-bond acceptors (Lipinski definition) is 6. The van der Waals surface area contributed by atoms with E-state index >= 15 is 0 Å². The van der Waals surface area contributed by atoms with Gasteiger partial charge >= 0.3 is 0 Å².